The maximum Gasteiger partial charge on any atom is 0.339 e. The van der Waals surface area contributed by atoms with Crippen LogP contribution in [-0.2, 0) is 9.53 Å². The fraction of sp³-hybridized carbons (Fsp3) is 0.467. The number of nitrogens with one attached hydrogen (secondary N) is 1. The predicted molar refractivity (Wildman–Crippen MR) is 79.4 cm³/mol. The minimum atomic E-state index is -1.47. The van der Waals surface area contributed by atoms with Gasteiger partial charge in [0.05, 0.1) is 6.61 Å². The molecular weight excluding hydrogens is 322 g/mol. The topological polar surface area (TPSA) is 146 Å². The fourth-order valence-corrected chi connectivity index (χ4v) is 2.44. The van der Waals surface area contributed by atoms with Gasteiger partial charge in [-0.15, -0.1) is 0 Å². The van der Waals surface area contributed by atoms with Crippen LogP contribution >= 0.6 is 0 Å². The highest BCUT2D eigenvalue weighted by Crippen LogP contribution is 2.26. The van der Waals surface area contributed by atoms with Gasteiger partial charge in [0, 0.05) is 6.92 Å². The lowest BCUT2D eigenvalue weighted by Crippen LogP contribution is -2.65. The molecule has 1 heterocycles. The molecule has 0 saturated carbocycles. The van der Waals surface area contributed by atoms with Crippen molar-refractivity contribution < 1.29 is 39.5 Å². The van der Waals surface area contributed by atoms with Gasteiger partial charge in [0.25, 0.3) is 0 Å². The standard InChI is InChI=1S/C15H19NO8/c1-7(18)16-11-13(20)12(19)10(6-17)24-15(11)23-9-5-3-2-4-8(9)14(21)22/h2-5,10-13,15,17,19-20H,6H2,1H3,(H,16,18)(H,21,22)/t10-,11+,12-,13+,15-/m1/s1. The highest BCUT2D eigenvalue weighted by Gasteiger charge is 2.46. The van der Waals surface area contributed by atoms with E-state index >= 15 is 0 Å². The van der Waals surface area contributed by atoms with Gasteiger partial charge in [0.2, 0.25) is 12.2 Å². The van der Waals surface area contributed by atoms with Gasteiger partial charge in [0.1, 0.15) is 35.7 Å². The molecule has 1 aliphatic rings. The van der Waals surface area contributed by atoms with Crippen molar-refractivity contribution in [2.24, 2.45) is 0 Å². The number of rotatable bonds is 5. The number of aliphatic hydroxyl groups is 3. The molecule has 9 nitrogen and oxygen atoms in total. The van der Waals surface area contributed by atoms with Crippen LogP contribution in [0.25, 0.3) is 0 Å². The summed E-state index contributed by atoms with van der Waals surface area (Å²) in [6.45, 7) is 0.616. The lowest BCUT2D eigenvalue weighted by atomic mass is 9.97. The number of para-hydroxylation sites is 1. The quantitative estimate of drug-likeness (QED) is 0.445. The van der Waals surface area contributed by atoms with Gasteiger partial charge in [0.15, 0.2) is 0 Å². The van der Waals surface area contributed by atoms with E-state index in [1.807, 2.05) is 0 Å². The number of amides is 1. The molecule has 0 aliphatic carbocycles. The van der Waals surface area contributed by atoms with Crippen molar-refractivity contribution in [3.8, 4) is 5.75 Å². The van der Waals surface area contributed by atoms with Gasteiger partial charge in [-0.05, 0) is 12.1 Å². The van der Waals surface area contributed by atoms with Crippen LogP contribution in [-0.4, -0.2) is 69.6 Å². The van der Waals surface area contributed by atoms with Crippen molar-refractivity contribution in [1.82, 2.24) is 5.32 Å². The molecular formula is C15H19NO8. The average Bonchev–Trinajstić information content (AvgIpc) is 2.54. The molecule has 0 radical (unpaired) electrons. The summed E-state index contributed by atoms with van der Waals surface area (Å²) in [5, 5.41) is 40.9. The van der Waals surface area contributed by atoms with Crippen molar-refractivity contribution in [3.63, 3.8) is 0 Å². The first-order chi connectivity index (χ1) is 11.3. The largest absolute Gasteiger partial charge is 0.478 e. The summed E-state index contributed by atoms with van der Waals surface area (Å²) in [7, 11) is 0. The predicted octanol–water partition coefficient (Wildman–Crippen LogP) is -1.29. The van der Waals surface area contributed by atoms with Crippen molar-refractivity contribution in [2.75, 3.05) is 6.61 Å². The second kappa shape index (κ2) is 7.58. The molecule has 1 fully saturated rings. The maximum atomic E-state index is 11.3. The monoisotopic (exact) mass is 341 g/mol. The summed E-state index contributed by atoms with van der Waals surface area (Å²) in [6, 6.07) is 4.62. The number of carbonyl (C=O) groups is 2. The van der Waals surface area contributed by atoms with E-state index in [4.69, 9.17) is 9.47 Å². The summed E-state index contributed by atoms with van der Waals surface area (Å²) in [6.07, 6.45) is -5.36. The van der Waals surface area contributed by atoms with E-state index in [1.165, 1.54) is 25.1 Å². The van der Waals surface area contributed by atoms with Gasteiger partial charge in [-0.3, -0.25) is 4.79 Å². The molecule has 1 amide bonds. The van der Waals surface area contributed by atoms with Crippen LogP contribution in [0, 0.1) is 0 Å². The molecule has 24 heavy (non-hydrogen) atoms. The lowest BCUT2D eigenvalue weighted by Gasteiger charge is -2.42. The molecule has 1 aromatic carbocycles. The van der Waals surface area contributed by atoms with Crippen molar-refractivity contribution in [1.29, 1.82) is 0 Å². The molecule has 5 N–H and O–H groups in total. The Morgan fingerprint density at radius 1 is 1.25 bits per heavy atom. The Balaban J connectivity index is 2.30. The van der Waals surface area contributed by atoms with Gasteiger partial charge in [-0.1, -0.05) is 12.1 Å². The number of benzene rings is 1. The summed E-state index contributed by atoms with van der Waals surface area (Å²) >= 11 is 0. The molecule has 2 rings (SSSR count). The number of carboxylic acid groups (broad SMARTS) is 1. The second-order valence-electron chi connectivity index (χ2n) is 5.35. The molecule has 0 spiro atoms. The fourth-order valence-electron chi connectivity index (χ4n) is 2.44. The zero-order valence-corrected chi connectivity index (χ0v) is 12.8. The molecule has 5 atom stereocenters. The Labute approximate surface area is 137 Å². The third-order valence-corrected chi connectivity index (χ3v) is 3.61. The summed E-state index contributed by atoms with van der Waals surface area (Å²) in [5.41, 5.74) is -0.135. The van der Waals surface area contributed by atoms with E-state index in [0.29, 0.717) is 0 Å². The SMILES string of the molecule is CC(=O)N[C@@H]1[C@H](Oc2ccccc2C(=O)O)O[C@H](CO)[C@@H](O)[C@H]1O. The van der Waals surface area contributed by atoms with Crippen LogP contribution in [0.1, 0.15) is 17.3 Å². The molecule has 0 aromatic heterocycles. The van der Waals surface area contributed by atoms with E-state index in [9.17, 15) is 30.0 Å². The average molecular weight is 341 g/mol. The molecule has 9 heteroatoms. The molecule has 0 bridgehead atoms. The third kappa shape index (κ3) is 3.82. The number of aromatic carboxylic acids is 1. The van der Waals surface area contributed by atoms with Crippen LogP contribution in [0.5, 0.6) is 5.75 Å². The first-order valence-corrected chi connectivity index (χ1v) is 7.23. The van der Waals surface area contributed by atoms with Crippen LogP contribution < -0.4 is 10.1 Å². The van der Waals surface area contributed by atoms with Crippen LogP contribution in [0.4, 0.5) is 0 Å². The number of carboxylic acids is 1. The van der Waals surface area contributed by atoms with Gasteiger partial charge < -0.3 is 35.2 Å². The number of hydrogen-bond acceptors (Lipinski definition) is 7. The molecule has 1 aromatic rings. The number of ether oxygens (including phenoxy) is 2. The highest BCUT2D eigenvalue weighted by molar-refractivity contribution is 5.90. The maximum absolute atomic E-state index is 11.3. The lowest BCUT2D eigenvalue weighted by molar-refractivity contribution is -0.244. The third-order valence-electron chi connectivity index (χ3n) is 3.61. The number of hydrogen-bond donors (Lipinski definition) is 5. The molecule has 1 saturated heterocycles. The zero-order chi connectivity index (χ0) is 17.9. The molecule has 0 unspecified atom stereocenters. The van der Waals surface area contributed by atoms with E-state index in [1.54, 1.807) is 6.07 Å². The first kappa shape index (κ1) is 18.1. The van der Waals surface area contributed by atoms with E-state index < -0.39 is 49.1 Å². The van der Waals surface area contributed by atoms with Crippen LogP contribution in [0.2, 0.25) is 0 Å². The molecule has 132 valence electrons. The second-order valence-corrected chi connectivity index (χ2v) is 5.35. The smallest absolute Gasteiger partial charge is 0.339 e. The molecule has 1 aliphatic heterocycles. The Hall–Kier alpha value is -2.20. The van der Waals surface area contributed by atoms with E-state index in [-0.39, 0.29) is 11.3 Å². The van der Waals surface area contributed by atoms with Crippen LogP contribution in [0.15, 0.2) is 24.3 Å². The Kier molecular flexibility index (Phi) is 5.73. The van der Waals surface area contributed by atoms with Crippen LogP contribution in [0.3, 0.4) is 0 Å². The minimum Gasteiger partial charge on any atom is -0.478 e. The number of carbonyl (C=O) groups excluding carboxylic acids is 1. The summed E-state index contributed by atoms with van der Waals surface area (Å²) in [4.78, 5) is 22.6. The summed E-state index contributed by atoms with van der Waals surface area (Å²) in [5.74, 6) is -1.76. The van der Waals surface area contributed by atoms with Gasteiger partial charge in [-0.2, -0.15) is 0 Å². The van der Waals surface area contributed by atoms with Crippen molar-refractivity contribution in [3.05, 3.63) is 29.8 Å². The van der Waals surface area contributed by atoms with E-state index in [2.05, 4.69) is 5.32 Å². The van der Waals surface area contributed by atoms with Crippen molar-refractivity contribution in [2.45, 2.75) is 37.6 Å². The van der Waals surface area contributed by atoms with E-state index in [0.717, 1.165) is 0 Å². The zero-order valence-electron chi connectivity index (χ0n) is 12.8. The van der Waals surface area contributed by atoms with Gasteiger partial charge in [-0.25, -0.2) is 4.79 Å². The minimum absolute atomic E-state index is 0.0365. The summed E-state index contributed by atoms with van der Waals surface area (Å²) < 4.78 is 10.9. The Bertz CT molecular complexity index is 607. The Morgan fingerprint density at radius 3 is 2.50 bits per heavy atom. The number of aliphatic hydroxyl groups excluding tert-OH is 3. The first-order valence-electron chi connectivity index (χ1n) is 7.23. The normalized spacial score (nSPS) is 29.8. The Morgan fingerprint density at radius 2 is 1.92 bits per heavy atom. The van der Waals surface area contributed by atoms with Gasteiger partial charge >= 0.3 is 5.97 Å². The highest BCUT2D eigenvalue weighted by atomic mass is 16.7. The van der Waals surface area contributed by atoms with Crippen molar-refractivity contribution >= 4 is 11.9 Å².